The van der Waals surface area contributed by atoms with Crippen LogP contribution in [0.15, 0.2) is 607 Å². The molecule has 0 radical (unpaired) electrons. The lowest BCUT2D eigenvalue weighted by Gasteiger charge is -2.46. The molecule has 0 spiro atoms. The third kappa shape index (κ3) is 15.3. The molecule has 3 aliphatic rings. The van der Waals surface area contributed by atoms with Gasteiger partial charge in [-0.15, -0.1) is 0 Å². The fourth-order valence-corrected chi connectivity index (χ4v) is 44.8. The van der Waals surface area contributed by atoms with Crippen LogP contribution in [0.25, 0.3) is 44.5 Å². The molecule has 0 unspecified atom stereocenters. The minimum absolute atomic E-state index is 0.324. The molecule has 0 fully saturated rings. The normalized spacial score (nSPS) is 12.9. The van der Waals surface area contributed by atoms with Gasteiger partial charge in [0.25, 0.3) is 6.71 Å². The second-order valence-electron chi connectivity index (χ2n) is 40.4. The highest BCUT2D eigenvalue weighted by Crippen LogP contribution is 2.55. The van der Waals surface area contributed by atoms with Crippen molar-refractivity contribution in [1.29, 1.82) is 0 Å². The molecule has 3 aliphatic heterocycles. The Balaban J connectivity index is 0.755. The summed E-state index contributed by atoms with van der Waals surface area (Å²) in [5.74, 6) is 0. The van der Waals surface area contributed by atoms with Gasteiger partial charge in [-0.05, 0) is 216 Å². The van der Waals surface area contributed by atoms with Crippen LogP contribution in [-0.4, -0.2) is 39.0 Å². The number of anilines is 9. The SMILES string of the molecule is CC1(C)c2ccccc2N(c2cc3c4c(c2)N(c2cccc(-c5cccc([Si](c6ccccc6)(c6ccccc6)c6ccccc6)c5)c2)c2cc(-c5cccc([Si](c6ccccc6)(c6ccccc6)c6ccccc6)c5)ccc2B4c2ccc(-c4cccc([Si](c5ccccc5)(c5ccccc5)c5ccccc5)c4)cc2N3c2cccc(-c3cccc([Si](c4ccccc4)(c4ccccc4)c4ccccc4)c3)c2)c2ccccc21. The highest BCUT2D eigenvalue weighted by Gasteiger charge is 2.50. The minimum atomic E-state index is -3.07. The molecule has 0 aliphatic carbocycles. The second-order valence-corrected chi connectivity index (χ2v) is 55.6. The molecule has 149 heavy (non-hydrogen) atoms. The van der Waals surface area contributed by atoms with Crippen molar-refractivity contribution >= 4 is 190 Å². The lowest BCUT2D eigenvalue weighted by atomic mass is 9.33. The van der Waals surface area contributed by atoms with Crippen LogP contribution >= 0.6 is 0 Å². The second kappa shape index (κ2) is 38.4. The number of hydrogen-bond acceptors (Lipinski definition) is 3. The van der Waals surface area contributed by atoms with Gasteiger partial charge in [0.15, 0.2) is 32.3 Å². The van der Waals surface area contributed by atoms with Gasteiger partial charge in [0.2, 0.25) is 0 Å². The van der Waals surface area contributed by atoms with Crippen LogP contribution in [0.2, 0.25) is 0 Å². The molecule has 0 amide bonds. The lowest BCUT2D eigenvalue weighted by molar-refractivity contribution is 0.632. The highest BCUT2D eigenvalue weighted by atomic mass is 28.3. The Morgan fingerprint density at radius 1 is 0.148 bits per heavy atom. The van der Waals surface area contributed by atoms with Crippen LogP contribution in [0.3, 0.4) is 0 Å². The van der Waals surface area contributed by atoms with Crippen LogP contribution in [0.4, 0.5) is 51.2 Å². The van der Waals surface area contributed by atoms with Crippen LogP contribution in [0.1, 0.15) is 25.0 Å². The smallest absolute Gasteiger partial charge is 0.252 e. The van der Waals surface area contributed by atoms with Crippen molar-refractivity contribution in [3.8, 4) is 44.5 Å². The monoisotopic (exact) mass is 1960 g/mol. The van der Waals surface area contributed by atoms with Crippen molar-refractivity contribution in [1.82, 2.24) is 0 Å². The maximum Gasteiger partial charge on any atom is 0.252 e. The van der Waals surface area contributed by atoms with Crippen molar-refractivity contribution in [2.75, 3.05) is 14.7 Å². The van der Waals surface area contributed by atoms with Crippen molar-refractivity contribution in [2.24, 2.45) is 0 Å². The Hall–Kier alpha value is -17.6. The summed E-state index contributed by atoms with van der Waals surface area (Å²) in [4.78, 5) is 7.97. The van der Waals surface area contributed by atoms with E-state index in [-0.39, 0.29) is 12.1 Å². The highest BCUT2D eigenvalue weighted by molar-refractivity contribution is 7.22. The quantitative estimate of drug-likeness (QED) is 0.0467. The van der Waals surface area contributed by atoms with Crippen molar-refractivity contribution in [3.05, 3.63) is 618 Å². The number of benzene rings is 23. The van der Waals surface area contributed by atoms with Gasteiger partial charge in [-0.2, -0.15) is 0 Å². The van der Waals surface area contributed by atoms with Gasteiger partial charge in [0.05, 0.1) is 17.1 Å². The zero-order valence-electron chi connectivity index (χ0n) is 83.2. The van der Waals surface area contributed by atoms with E-state index in [9.17, 15) is 0 Å². The molecule has 8 heteroatoms. The Labute approximate surface area is 878 Å². The molecule has 23 aromatic rings. The Morgan fingerprint density at radius 3 is 0.584 bits per heavy atom. The summed E-state index contributed by atoms with van der Waals surface area (Å²) >= 11 is 0. The van der Waals surface area contributed by atoms with E-state index in [0.717, 1.165) is 95.7 Å². The standard InChI is InChI=1S/C141H106BN3Si4/c1-141(2)130-85-39-41-87-134(130)145(135-88-42-40-86-131(135)141)113-101-138-140-139(102-113)144(112-56-44-50-104(94-112)106-52-46-82-127(96-106)147(117-63-21-6-22-64-117,118-65-23-7-24-66-118)119-67-25-8-26-68-119)137-100-110(108-54-48-84-129(98-108)149(123-75-33-12-34-76-123,124-77-35-13-36-78-124)125-79-37-14-38-80-125)90-92-133(137)142(140)132-91-89-109(107-53-47-83-128(97-107)148(120-69-27-9-28-70-120,121-71-29-10-30-72-121)122-73-31-11-32-74-122)99-136(132)143(138)111-55-43-49-103(93-111)105-51-45-81-126(95-105)146(114-57-15-3-16-58-114,115-59-17-4-18-60-115)116-61-19-5-20-62-116/h3-102H,1-2H3. The first-order chi connectivity index (χ1) is 73.7. The van der Waals surface area contributed by atoms with Crippen LogP contribution < -0.4 is 114 Å². The molecule has 3 nitrogen and oxygen atoms in total. The number of nitrogens with zero attached hydrogens (tertiary/aromatic N) is 3. The summed E-state index contributed by atoms with van der Waals surface area (Å²) in [6, 6.07) is 233. The van der Waals surface area contributed by atoms with Gasteiger partial charge in [-0.3, -0.25) is 0 Å². The zero-order chi connectivity index (χ0) is 99.5. The first-order valence-corrected chi connectivity index (χ1v) is 60.0. The average Bonchev–Trinajstić information content (AvgIpc) is 0.680. The molecule has 0 saturated heterocycles. The minimum Gasteiger partial charge on any atom is -0.311 e. The molecular formula is C141H106BN3Si4. The van der Waals surface area contributed by atoms with E-state index in [4.69, 9.17) is 0 Å². The summed E-state index contributed by atoms with van der Waals surface area (Å²) in [5.41, 5.74) is 24.6. The van der Waals surface area contributed by atoms with E-state index in [1.807, 2.05) is 0 Å². The third-order valence-electron chi connectivity index (χ3n) is 32.2. The lowest BCUT2D eigenvalue weighted by Crippen LogP contribution is -2.74. The summed E-state index contributed by atoms with van der Waals surface area (Å²) in [6.07, 6.45) is 0. The van der Waals surface area contributed by atoms with Crippen molar-refractivity contribution in [2.45, 2.75) is 19.3 Å². The van der Waals surface area contributed by atoms with Crippen LogP contribution in [0, 0.1) is 0 Å². The first-order valence-electron chi connectivity index (χ1n) is 52.0. The molecular weight excluding hydrogens is 1860 g/mol. The van der Waals surface area contributed by atoms with Gasteiger partial charge < -0.3 is 14.7 Å². The fourth-order valence-electron chi connectivity index (χ4n) is 25.6. The first kappa shape index (κ1) is 91.3. The summed E-state index contributed by atoms with van der Waals surface area (Å²) in [7, 11) is -12.2. The van der Waals surface area contributed by atoms with Crippen LogP contribution in [-0.2, 0) is 5.41 Å². The largest absolute Gasteiger partial charge is 0.311 e. The fraction of sp³-hybridized carbons (Fsp3) is 0.0213. The predicted molar refractivity (Wildman–Crippen MR) is 643 cm³/mol. The van der Waals surface area contributed by atoms with E-state index in [0.29, 0.717) is 0 Å². The molecule has 26 rings (SSSR count). The molecule has 0 N–H and O–H groups in total. The Morgan fingerprint density at radius 2 is 0.342 bits per heavy atom. The number of fused-ring (bicyclic) bond motifs is 6. The van der Waals surface area contributed by atoms with Gasteiger partial charge in [0, 0.05) is 39.5 Å². The number of rotatable bonds is 23. The van der Waals surface area contributed by atoms with E-state index in [2.05, 4.69) is 635 Å². The molecule has 3 heterocycles. The summed E-state index contributed by atoms with van der Waals surface area (Å²) < 4.78 is 0. The number of hydrogen-bond donors (Lipinski definition) is 0. The number of para-hydroxylation sites is 2. The predicted octanol–water partition coefficient (Wildman–Crippen LogP) is 22.1. The molecule has 0 bridgehead atoms. The average molecular weight is 1970 g/mol. The third-order valence-corrected chi connectivity index (χ3v) is 51.3. The Bertz CT molecular complexity index is 7970. The maximum atomic E-state index is 2.68. The van der Waals surface area contributed by atoms with E-state index < -0.39 is 32.3 Å². The summed E-state index contributed by atoms with van der Waals surface area (Å²) in [5, 5.41) is 21.2. The Kier molecular flexibility index (Phi) is 23.5. The van der Waals surface area contributed by atoms with Crippen molar-refractivity contribution in [3.63, 3.8) is 0 Å². The van der Waals surface area contributed by atoms with Gasteiger partial charge in [0.1, 0.15) is 0 Å². The maximum absolute atomic E-state index is 3.07. The van der Waals surface area contributed by atoms with Crippen molar-refractivity contribution < 1.29 is 0 Å². The topological polar surface area (TPSA) is 9.72 Å². The van der Waals surface area contributed by atoms with E-state index in [1.54, 1.807) is 0 Å². The van der Waals surface area contributed by atoms with Gasteiger partial charge in [-0.25, -0.2) is 0 Å². The zero-order valence-corrected chi connectivity index (χ0v) is 87.2. The summed E-state index contributed by atoms with van der Waals surface area (Å²) in [6.45, 7) is 4.50. The van der Waals surface area contributed by atoms with Crippen LogP contribution in [0.5, 0.6) is 0 Å². The van der Waals surface area contributed by atoms with E-state index >= 15 is 0 Å². The van der Waals surface area contributed by atoms with E-state index in [1.165, 1.54) is 111 Å². The van der Waals surface area contributed by atoms with Gasteiger partial charge in [-0.1, -0.05) is 560 Å². The molecule has 0 saturated carbocycles. The molecule has 0 atom stereocenters. The molecule has 704 valence electrons. The molecule has 0 aromatic heterocycles. The molecule has 23 aromatic carbocycles. The van der Waals surface area contributed by atoms with Gasteiger partial charge >= 0.3 is 0 Å².